The molecule has 1 aromatic heterocycles. The minimum Gasteiger partial charge on any atom is -0.489 e. The molecule has 0 unspecified atom stereocenters. The number of benzene rings is 3. The van der Waals surface area contributed by atoms with E-state index in [0.717, 1.165) is 11.1 Å². The van der Waals surface area contributed by atoms with E-state index in [-0.39, 0.29) is 35.4 Å². The number of aromatic amines is 1. The number of rotatable bonds is 13. The lowest BCUT2D eigenvalue weighted by atomic mass is 10.0. The Hall–Kier alpha value is -5.51. The van der Waals surface area contributed by atoms with Crippen molar-refractivity contribution >= 4 is 29.7 Å². The van der Waals surface area contributed by atoms with Crippen LogP contribution in [0.4, 0.5) is 5.69 Å². The van der Waals surface area contributed by atoms with Gasteiger partial charge in [-0.1, -0.05) is 67.6 Å². The van der Waals surface area contributed by atoms with E-state index in [1.165, 1.54) is 24.4 Å². The number of aldehydes is 1. The molecule has 0 saturated heterocycles. The van der Waals surface area contributed by atoms with Crippen molar-refractivity contribution in [3.05, 3.63) is 130 Å². The van der Waals surface area contributed by atoms with Crippen LogP contribution >= 0.6 is 0 Å². The number of hydrogen-bond acceptors (Lipinski definition) is 6. The Labute approximate surface area is 248 Å². The summed E-state index contributed by atoms with van der Waals surface area (Å²) in [6.07, 6.45) is 2.46. The van der Waals surface area contributed by atoms with E-state index >= 15 is 0 Å². The standard InChI is InChI=1S/C33H32N4O6/c1-2-25(20-38)35-32(41)27-18-26(43-21-23-11-7-4-8-12-23)14-15-28(27)36-33(42)29(17-22-9-5-3-6-10-22)37-31(40)24-13-16-30(39)34-19-24/h3-16,18-20,25,29H,2,17,21H2,1H3,(H,34,39)(H,35,41)(H,36,42)(H,37,40)/t25-,29-/m0/s1. The zero-order chi connectivity index (χ0) is 30.6. The lowest BCUT2D eigenvalue weighted by Gasteiger charge is -2.21. The van der Waals surface area contributed by atoms with Crippen LogP contribution in [0, 0.1) is 0 Å². The topological polar surface area (TPSA) is 146 Å². The number of aromatic nitrogens is 1. The van der Waals surface area contributed by atoms with E-state index in [0.29, 0.717) is 18.5 Å². The van der Waals surface area contributed by atoms with Gasteiger partial charge in [-0.15, -0.1) is 0 Å². The fourth-order valence-corrected chi connectivity index (χ4v) is 4.20. The zero-order valence-corrected chi connectivity index (χ0v) is 23.5. The molecule has 4 N–H and O–H groups in total. The van der Waals surface area contributed by atoms with Crippen LogP contribution in [0.25, 0.3) is 0 Å². The van der Waals surface area contributed by atoms with Crippen molar-refractivity contribution < 1.29 is 23.9 Å². The SMILES string of the molecule is CC[C@@H](C=O)NC(=O)c1cc(OCc2ccccc2)ccc1NC(=O)[C@H](Cc1ccccc1)NC(=O)c1ccc(=O)[nH]c1. The monoisotopic (exact) mass is 580 g/mol. The van der Waals surface area contributed by atoms with Gasteiger partial charge in [-0.05, 0) is 41.8 Å². The first-order valence-corrected chi connectivity index (χ1v) is 13.8. The molecule has 0 bridgehead atoms. The molecule has 3 amide bonds. The maximum Gasteiger partial charge on any atom is 0.254 e. The van der Waals surface area contributed by atoms with Gasteiger partial charge in [-0.2, -0.15) is 0 Å². The minimum atomic E-state index is -1.04. The summed E-state index contributed by atoms with van der Waals surface area (Å²) in [4.78, 5) is 65.2. The molecule has 0 aliphatic carbocycles. The number of ether oxygens (including phenoxy) is 1. The molecule has 0 aliphatic rings. The Morgan fingerprint density at radius 2 is 1.56 bits per heavy atom. The Morgan fingerprint density at radius 3 is 2.19 bits per heavy atom. The van der Waals surface area contributed by atoms with E-state index in [9.17, 15) is 24.0 Å². The summed E-state index contributed by atoms with van der Waals surface area (Å²) >= 11 is 0. The summed E-state index contributed by atoms with van der Waals surface area (Å²) in [7, 11) is 0. The van der Waals surface area contributed by atoms with Gasteiger partial charge >= 0.3 is 0 Å². The predicted octanol–water partition coefficient (Wildman–Crippen LogP) is 3.64. The Kier molecular flexibility index (Phi) is 10.6. The fourth-order valence-electron chi connectivity index (χ4n) is 4.20. The van der Waals surface area contributed by atoms with Gasteiger partial charge in [0, 0.05) is 18.7 Å². The van der Waals surface area contributed by atoms with E-state index in [1.807, 2.05) is 60.7 Å². The summed E-state index contributed by atoms with van der Waals surface area (Å²) in [5, 5.41) is 8.16. The molecule has 0 aliphatic heterocycles. The van der Waals surface area contributed by atoms with E-state index in [4.69, 9.17) is 4.74 Å². The molecule has 10 nitrogen and oxygen atoms in total. The normalized spacial score (nSPS) is 11.9. The summed E-state index contributed by atoms with van der Waals surface area (Å²) in [5.74, 6) is -1.32. The highest BCUT2D eigenvalue weighted by Crippen LogP contribution is 2.24. The molecule has 220 valence electrons. The zero-order valence-electron chi connectivity index (χ0n) is 23.5. The van der Waals surface area contributed by atoms with Crippen LogP contribution in [0.2, 0.25) is 0 Å². The van der Waals surface area contributed by atoms with Gasteiger partial charge in [0.2, 0.25) is 11.5 Å². The maximum absolute atomic E-state index is 13.6. The van der Waals surface area contributed by atoms with Crippen molar-refractivity contribution in [3.8, 4) is 5.75 Å². The third-order valence-electron chi connectivity index (χ3n) is 6.61. The Morgan fingerprint density at radius 1 is 0.860 bits per heavy atom. The van der Waals surface area contributed by atoms with Crippen molar-refractivity contribution in [2.24, 2.45) is 0 Å². The van der Waals surface area contributed by atoms with Crippen LogP contribution in [0.15, 0.2) is 102 Å². The molecule has 0 saturated carbocycles. The summed E-state index contributed by atoms with van der Waals surface area (Å²) in [6.45, 7) is 2.02. The average Bonchev–Trinajstić information content (AvgIpc) is 3.03. The minimum absolute atomic E-state index is 0.0876. The number of pyridine rings is 1. The van der Waals surface area contributed by atoms with Crippen molar-refractivity contribution in [1.82, 2.24) is 15.6 Å². The fraction of sp³-hybridized carbons (Fsp3) is 0.182. The molecule has 4 aromatic rings. The highest BCUT2D eigenvalue weighted by molar-refractivity contribution is 6.07. The molecule has 3 aromatic carbocycles. The van der Waals surface area contributed by atoms with Gasteiger partial charge < -0.3 is 30.5 Å². The van der Waals surface area contributed by atoms with Crippen LogP contribution < -0.4 is 26.2 Å². The molecular weight excluding hydrogens is 548 g/mol. The molecule has 43 heavy (non-hydrogen) atoms. The summed E-state index contributed by atoms with van der Waals surface area (Å²) < 4.78 is 5.89. The molecule has 0 fully saturated rings. The third-order valence-corrected chi connectivity index (χ3v) is 6.61. The second-order valence-electron chi connectivity index (χ2n) is 9.75. The van der Waals surface area contributed by atoms with Crippen LogP contribution in [0.3, 0.4) is 0 Å². The molecule has 10 heteroatoms. The van der Waals surface area contributed by atoms with E-state index in [1.54, 1.807) is 19.1 Å². The van der Waals surface area contributed by atoms with Crippen LogP contribution in [-0.2, 0) is 22.6 Å². The smallest absolute Gasteiger partial charge is 0.254 e. The summed E-state index contributed by atoms with van der Waals surface area (Å²) in [5.41, 5.74) is 1.79. The van der Waals surface area contributed by atoms with Crippen molar-refractivity contribution in [1.29, 1.82) is 0 Å². The molecule has 1 heterocycles. The van der Waals surface area contributed by atoms with Crippen LogP contribution in [0.1, 0.15) is 45.2 Å². The second-order valence-corrected chi connectivity index (χ2v) is 9.75. The number of anilines is 1. The Balaban J connectivity index is 1.60. The average molecular weight is 581 g/mol. The van der Waals surface area contributed by atoms with E-state index in [2.05, 4.69) is 20.9 Å². The third kappa shape index (κ3) is 8.74. The lowest BCUT2D eigenvalue weighted by Crippen LogP contribution is -2.45. The largest absolute Gasteiger partial charge is 0.489 e. The first kappa shape index (κ1) is 30.4. The van der Waals surface area contributed by atoms with E-state index < -0.39 is 29.8 Å². The number of hydrogen-bond donors (Lipinski definition) is 4. The van der Waals surface area contributed by atoms with Crippen LogP contribution in [0.5, 0.6) is 5.75 Å². The second kappa shape index (κ2) is 14.9. The lowest BCUT2D eigenvalue weighted by molar-refractivity contribution is -0.118. The van der Waals surface area contributed by atoms with Crippen LogP contribution in [-0.4, -0.2) is 41.1 Å². The molecular formula is C33H32N4O6. The predicted molar refractivity (Wildman–Crippen MR) is 162 cm³/mol. The quantitative estimate of drug-likeness (QED) is 0.178. The number of carbonyl (C=O) groups is 4. The maximum atomic E-state index is 13.6. The Bertz CT molecular complexity index is 1600. The van der Waals surface area contributed by atoms with Gasteiger partial charge in [0.25, 0.3) is 11.8 Å². The van der Waals surface area contributed by atoms with Gasteiger partial charge in [-0.25, -0.2) is 0 Å². The summed E-state index contributed by atoms with van der Waals surface area (Å²) in [6, 6.07) is 24.1. The van der Waals surface area contributed by atoms with Gasteiger partial charge in [0.05, 0.1) is 22.9 Å². The number of H-pyrrole nitrogens is 1. The first-order valence-electron chi connectivity index (χ1n) is 13.8. The molecule has 0 spiro atoms. The number of carbonyl (C=O) groups excluding carboxylic acids is 4. The van der Waals surface area contributed by atoms with Gasteiger partial charge in [-0.3, -0.25) is 19.2 Å². The van der Waals surface area contributed by atoms with Crippen molar-refractivity contribution in [2.75, 3.05) is 5.32 Å². The van der Waals surface area contributed by atoms with Gasteiger partial charge in [0.15, 0.2) is 0 Å². The molecule has 0 radical (unpaired) electrons. The molecule has 4 rings (SSSR count). The molecule has 2 atom stereocenters. The number of nitrogens with one attached hydrogen (secondary N) is 4. The highest BCUT2D eigenvalue weighted by Gasteiger charge is 2.25. The number of amides is 3. The van der Waals surface area contributed by atoms with Gasteiger partial charge in [0.1, 0.15) is 24.7 Å². The highest BCUT2D eigenvalue weighted by atomic mass is 16.5. The first-order chi connectivity index (χ1) is 20.9. The van der Waals surface area contributed by atoms with Crippen molar-refractivity contribution in [3.63, 3.8) is 0 Å². The van der Waals surface area contributed by atoms with Crippen molar-refractivity contribution in [2.45, 2.75) is 38.5 Å².